The molecule has 9 rings (SSSR count). The van der Waals surface area contributed by atoms with Crippen LogP contribution in [0.3, 0.4) is 0 Å². The van der Waals surface area contributed by atoms with Crippen molar-refractivity contribution in [2.75, 3.05) is 13.2 Å². The van der Waals surface area contributed by atoms with Gasteiger partial charge in [-0.15, -0.1) is 0 Å². The van der Waals surface area contributed by atoms with Crippen LogP contribution in [0.5, 0.6) is 0 Å². The van der Waals surface area contributed by atoms with E-state index in [0.717, 1.165) is 58.1 Å². The van der Waals surface area contributed by atoms with Crippen molar-refractivity contribution < 1.29 is 19.1 Å². The van der Waals surface area contributed by atoms with Gasteiger partial charge in [0.05, 0.1) is 24.2 Å². The number of benzene rings is 1. The van der Waals surface area contributed by atoms with Gasteiger partial charge in [-0.25, -0.2) is 19.6 Å². The average Bonchev–Trinajstić information content (AvgIpc) is 3.72. The lowest BCUT2D eigenvalue weighted by molar-refractivity contribution is 0.0463. The fourth-order valence-electron chi connectivity index (χ4n) is 8.14. The van der Waals surface area contributed by atoms with Crippen molar-refractivity contribution in [2.24, 2.45) is 59.2 Å². The standard InChI is InChI=1S/C31H30N2O4/c34-30-26-5-3-14-1-2-15-4-6-27(33-29(15)28(14)32-26)31(35)37-13-17-8-19(17)21-10-23(21)25-11-24(25)22-9-20(22)18-7-16(18)12-36-30/h1-6,16-25H,7-13H2/t16-,17-,18+,19+,20-,21-,22+,23+,24-,25-/m0/s1. The van der Waals surface area contributed by atoms with Crippen LogP contribution in [0.25, 0.3) is 21.8 Å². The maximum absolute atomic E-state index is 12.9. The van der Waals surface area contributed by atoms with E-state index in [1.54, 1.807) is 12.1 Å². The fraction of sp³-hybridized carbons (Fsp3) is 0.548. The Morgan fingerprint density at radius 3 is 1.32 bits per heavy atom. The SMILES string of the molecule is O=C1OC[C@@H]2C[C@H]2[C@@H]2C[C@H]2[C@@H]2C[C@H]2[C@@H]2C[C@H]2[C@@H]2C[C@H]2COC(=O)c2ccc3ccc4ccc1nc4c3n2. The van der Waals surface area contributed by atoms with Crippen molar-refractivity contribution in [2.45, 2.75) is 32.1 Å². The van der Waals surface area contributed by atoms with Crippen LogP contribution >= 0.6 is 0 Å². The number of hydrogen-bond donors (Lipinski definition) is 0. The Balaban J connectivity index is 1.03. The minimum Gasteiger partial charge on any atom is -0.461 e. The van der Waals surface area contributed by atoms with Crippen molar-refractivity contribution in [3.63, 3.8) is 0 Å². The van der Waals surface area contributed by atoms with E-state index in [-0.39, 0.29) is 23.3 Å². The lowest BCUT2D eigenvalue weighted by Gasteiger charge is -2.09. The normalized spacial score (nSPS) is 41.3. The van der Waals surface area contributed by atoms with Crippen LogP contribution in [0.15, 0.2) is 36.4 Å². The number of cyclic esters (lactones) is 2. The summed E-state index contributed by atoms with van der Waals surface area (Å²) in [7, 11) is 0. The average molecular weight is 495 g/mol. The zero-order valence-electron chi connectivity index (χ0n) is 20.7. The Hall–Kier alpha value is -3.02. The molecule has 2 aromatic heterocycles. The molecule has 0 amide bonds. The molecule has 37 heavy (non-hydrogen) atoms. The summed E-state index contributed by atoms with van der Waals surface area (Å²) in [6.07, 6.45) is 6.63. The minimum absolute atomic E-state index is 0.290. The smallest absolute Gasteiger partial charge is 0.356 e. The molecule has 188 valence electrons. The highest BCUT2D eigenvalue weighted by atomic mass is 16.5. The third-order valence-electron chi connectivity index (χ3n) is 10.6. The number of pyridine rings is 2. The van der Waals surface area contributed by atoms with Crippen LogP contribution < -0.4 is 0 Å². The Morgan fingerprint density at radius 2 is 0.892 bits per heavy atom. The molecule has 3 aromatic rings. The first-order valence-corrected chi connectivity index (χ1v) is 14.2. The molecule has 6 aliphatic rings. The molecule has 6 nitrogen and oxygen atoms in total. The van der Waals surface area contributed by atoms with Crippen LogP contribution in [0.4, 0.5) is 0 Å². The van der Waals surface area contributed by atoms with Crippen LogP contribution in [0.1, 0.15) is 53.1 Å². The number of carbonyl (C=O) groups is 2. The number of hydrogen-bond acceptors (Lipinski definition) is 6. The maximum Gasteiger partial charge on any atom is 0.356 e. The number of carbonyl (C=O) groups excluding carboxylic acids is 2. The van der Waals surface area contributed by atoms with Gasteiger partial charge in [0.15, 0.2) is 0 Å². The van der Waals surface area contributed by atoms with Gasteiger partial charge >= 0.3 is 11.9 Å². The van der Waals surface area contributed by atoms with Crippen LogP contribution in [-0.2, 0) is 9.47 Å². The lowest BCUT2D eigenvalue weighted by Crippen LogP contribution is -2.11. The Morgan fingerprint density at radius 1 is 0.514 bits per heavy atom. The lowest BCUT2D eigenvalue weighted by atomic mass is 10.1. The van der Waals surface area contributed by atoms with Gasteiger partial charge in [-0.1, -0.05) is 24.3 Å². The highest BCUT2D eigenvalue weighted by molar-refractivity contribution is 6.05. The molecule has 4 bridgehead atoms. The molecule has 6 heteroatoms. The van der Waals surface area contributed by atoms with E-state index in [4.69, 9.17) is 9.47 Å². The second-order valence-corrected chi connectivity index (χ2v) is 12.8. The molecule has 0 saturated heterocycles. The van der Waals surface area contributed by atoms with E-state index in [0.29, 0.717) is 36.1 Å². The number of ether oxygens (including phenoxy) is 2. The number of aromatic nitrogens is 2. The molecule has 1 aromatic carbocycles. The molecule has 5 saturated carbocycles. The van der Waals surface area contributed by atoms with Gasteiger partial charge in [-0.2, -0.15) is 0 Å². The Bertz CT molecular complexity index is 1390. The number of rotatable bonds is 0. The van der Waals surface area contributed by atoms with Crippen molar-refractivity contribution in [1.82, 2.24) is 9.97 Å². The van der Waals surface area contributed by atoms with Crippen molar-refractivity contribution in [3.8, 4) is 0 Å². The Kier molecular flexibility index (Phi) is 4.14. The van der Waals surface area contributed by atoms with Crippen molar-refractivity contribution in [3.05, 3.63) is 47.8 Å². The van der Waals surface area contributed by atoms with Gasteiger partial charge in [-0.3, -0.25) is 0 Å². The third kappa shape index (κ3) is 3.44. The van der Waals surface area contributed by atoms with E-state index >= 15 is 0 Å². The van der Waals surface area contributed by atoms with Crippen LogP contribution in [0.2, 0.25) is 0 Å². The first-order valence-electron chi connectivity index (χ1n) is 14.2. The predicted octanol–water partition coefficient (Wildman–Crippen LogP) is 5.29. The molecule has 0 N–H and O–H groups in total. The molecule has 0 spiro atoms. The maximum atomic E-state index is 12.9. The number of fused-ring (bicyclic) bond motifs is 11. The highest BCUT2D eigenvalue weighted by Crippen LogP contribution is 2.72. The fourth-order valence-corrected chi connectivity index (χ4v) is 8.14. The molecule has 1 aliphatic heterocycles. The van der Waals surface area contributed by atoms with E-state index in [2.05, 4.69) is 9.97 Å². The molecule has 0 unspecified atom stereocenters. The zero-order valence-corrected chi connectivity index (χ0v) is 20.7. The van der Waals surface area contributed by atoms with Crippen LogP contribution in [0, 0.1) is 59.2 Å². The summed E-state index contributed by atoms with van der Waals surface area (Å²) < 4.78 is 11.5. The summed E-state index contributed by atoms with van der Waals surface area (Å²) in [6, 6.07) is 11.1. The van der Waals surface area contributed by atoms with E-state index in [1.165, 1.54) is 32.1 Å². The summed E-state index contributed by atoms with van der Waals surface area (Å²) in [5, 5.41) is 1.74. The third-order valence-corrected chi connectivity index (χ3v) is 10.6. The summed E-state index contributed by atoms with van der Waals surface area (Å²) in [6.45, 7) is 0.996. The quantitative estimate of drug-likeness (QED) is 0.312. The van der Waals surface area contributed by atoms with E-state index in [1.807, 2.05) is 24.3 Å². The van der Waals surface area contributed by atoms with Gasteiger partial charge in [-0.05, 0) is 103 Å². The van der Waals surface area contributed by atoms with Gasteiger partial charge in [0, 0.05) is 10.8 Å². The predicted molar refractivity (Wildman–Crippen MR) is 136 cm³/mol. The van der Waals surface area contributed by atoms with Crippen molar-refractivity contribution >= 4 is 33.7 Å². The first-order chi connectivity index (χ1) is 18.1. The number of nitrogens with zero attached hydrogens (tertiary/aromatic N) is 2. The second kappa shape index (κ2) is 7.30. The molecule has 10 atom stereocenters. The molecular formula is C31H30N2O4. The monoisotopic (exact) mass is 494 g/mol. The van der Waals surface area contributed by atoms with Gasteiger partial charge in [0.2, 0.25) is 0 Å². The van der Waals surface area contributed by atoms with Crippen LogP contribution in [-0.4, -0.2) is 35.1 Å². The molecule has 0 radical (unpaired) electrons. The second-order valence-electron chi connectivity index (χ2n) is 12.8. The molecule has 3 heterocycles. The van der Waals surface area contributed by atoms with E-state index in [9.17, 15) is 9.59 Å². The summed E-state index contributed by atoms with van der Waals surface area (Å²) >= 11 is 0. The zero-order chi connectivity index (χ0) is 24.4. The summed E-state index contributed by atoms with van der Waals surface area (Å²) in [5.41, 5.74) is 1.79. The minimum atomic E-state index is -0.379. The first kappa shape index (κ1) is 21.0. The Labute approximate surface area is 215 Å². The van der Waals surface area contributed by atoms with E-state index < -0.39 is 0 Å². The van der Waals surface area contributed by atoms with Gasteiger partial charge < -0.3 is 9.47 Å². The van der Waals surface area contributed by atoms with Gasteiger partial charge in [0.25, 0.3) is 0 Å². The summed E-state index contributed by atoms with van der Waals surface area (Å²) in [5.74, 6) is 7.29. The van der Waals surface area contributed by atoms with Crippen molar-refractivity contribution in [1.29, 1.82) is 0 Å². The summed E-state index contributed by atoms with van der Waals surface area (Å²) in [4.78, 5) is 35.1. The molecule has 5 aliphatic carbocycles. The largest absolute Gasteiger partial charge is 0.461 e. The highest BCUT2D eigenvalue weighted by Gasteiger charge is 2.66. The number of esters is 2. The topological polar surface area (TPSA) is 78.4 Å². The molecular weight excluding hydrogens is 464 g/mol. The molecule has 5 fully saturated rings. The van der Waals surface area contributed by atoms with Gasteiger partial charge in [0.1, 0.15) is 11.4 Å².